The predicted molar refractivity (Wildman–Crippen MR) is 91.2 cm³/mol. The molecule has 0 saturated carbocycles. The van der Waals surface area contributed by atoms with Crippen molar-refractivity contribution < 1.29 is 0 Å². The first-order valence-corrected chi connectivity index (χ1v) is 8.04. The normalized spacial score (nSPS) is 10.5. The Kier molecular flexibility index (Phi) is 4.17. The highest BCUT2D eigenvalue weighted by Crippen LogP contribution is 2.27. The number of nitrogens with two attached hydrogens (primary N) is 1. The number of nitrogens with zero attached hydrogens (tertiary/aromatic N) is 2. The van der Waals surface area contributed by atoms with Crippen molar-refractivity contribution in [3.05, 3.63) is 58.1 Å². The van der Waals surface area contributed by atoms with Crippen LogP contribution in [0, 0.1) is 0 Å². The van der Waals surface area contributed by atoms with Gasteiger partial charge in [0.2, 0.25) is 0 Å². The van der Waals surface area contributed by atoms with Crippen LogP contribution in [0.2, 0.25) is 0 Å². The Balaban J connectivity index is 1.74. The third kappa shape index (κ3) is 3.22. The average molecular weight is 361 g/mol. The van der Waals surface area contributed by atoms with E-state index in [0.717, 1.165) is 32.1 Å². The van der Waals surface area contributed by atoms with Crippen LogP contribution in [0.1, 0.15) is 5.56 Å². The fraction of sp³-hybridized carbons (Fsp3) is 0.0667. The molecular formula is C15H13BrN4S. The molecule has 0 aliphatic carbocycles. The molecule has 0 unspecified atom stereocenters. The zero-order valence-corrected chi connectivity index (χ0v) is 13.5. The highest BCUT2D eigenvalue weighted by Gasteiger charge is 2.07. The molecule has 3 rings (SSSR count). The third-order valence-corrected chi connectivity index (χ3v) is 4.67. The number of hydrogen-bond acceptors (Lipinski definition) is 5. The Bertz CT molecular complexity index is 722. The van der Waals surface area contributed by atoms with E-state index in [4.69, 9.17) is 5.73 Å². The SMILES string of the molecule is Nc1cccc(Br)c1CNc1csc(-c2ccncc2)n1. The van der Waals surface area contributed by atoms with Gasteiger partial charge >= 0.3 is 0 Å². The summed E-state index contributed by atoms with van der Waals surface area (Å²) >= 11 is 5.12. The molecular weight excluding hydrogens is 348 g/mol. The standard InChI is InChI=1S/C15H13BrN4S/c16-12-2-1-3-13(17)11(12)8-19-14-9-21-15(20-14)10-4-6-18-7-5-10/h1-7,9,19H,8,17H2. The van der Waals surface area contributed by atoms with E-state index in [1.54, 1.807) is 23.7 Å². The summed E-state index contributed by atoms with van der Waals surface area (Å²) in [5.41, 5.74) is 8.86. The van der Waals surface area contributed by atoms with Crippen LogP contribution < -0.4 is 11.1 Å². The van der Waals surface area contributed by atoms with Crippen LogP contribution in [0.15, 0.2) is 52.6 Å². The van der Waals surface area contributed by atoms with E-state index in [0.29, 0.717) is 6.54 Å². The number of benzene rings is 1. The number of thiazole rings is 1. The fourth-order valence-corrected chi connectivity index (χ4v) is 3.23. The molecule has 1 aromatic carbocycles. The highest BCUT2D eigenvalue weighted by atomic mass is 79.9. The first-order valence-electron chi connectivity index (χ1n) is 6.36. The minimum absolute atomic E-state index is 0.632. The van der Waals surface area contributed by atoms with E-state index in [1.807, 2.05) is 35.7 Å². The van der Waals surface area contributed by atoms with Crippen molar-refractivity contribution in [2.45, 2.75) is 6.54 Å². The van der Waals surface area contributed by atoms with Crippen molar-refractivity contribution in [3.63, 3.8) is 0 Å². The third-order valence-electron chi connectivity index (χ3n) is 3.03. The molecule has 0 saturated heterocycles. The molecule has 0 spiro atoms. The van der Waals surface area contributed by atoms with Gasteiger partial charge in [-0.2, -0.15) is 0 Å². The molecule has 2 aromatic heterocycles. The summed E-state index contributed by atoms with van der Waals surface area (Å²) in [7, 11) is 0. The van der Waals surface area contributed by atoms with E-state index in [1.165, 1.54) is 0 Å². The quantitative estimate of drug-likeness (QED) is 0.685. The second kappa shape index (κ2) is 6.24. The molecule has 0 bridgehead atoms. The van der Waals surface area contributed by atoms with Crippen LogP contribution in [-0.4, -0.2) is 9.97 Å². The average Bonchev–Trinajstić information content (AvgIpc) is 2.97. The molecule has 4 nitrogen and oxygen atoms in total. The van der Waals surface area contributed by atoms with E-state index < -0.39 is 0 Å². The molecule has 6 heteroatoms. The van der Waals surface area contributed by atoms with Gasteiger partial charge in [-0.1, -0.05) is 22.0 Å². The van der Waals surface area contributed by atoms with Gasteiger partial charge in [-0.25, -0.2) is 4.98 Å². The number of aromatic nitrogens is 2. The maximum absolute atomic E-state index is 5.99. The number of nitrogen functional groups attached to an aromatic ring is 1. The van der Waals surface area contributed by atoms with Crippen molar-refractivity contribution in [1.29, 1.82) is 0 Å². The van der Waals surface area contributed by atoms with Crippen LogP contribution >= 0.6 is 27.3 Å². The zero-order valence-electron chi connectivity index (χ0n) is 11.1. The van der Waals surface area contributed by atoms with Gasteiger partial charge in [0.05, 0.1) is 0 Å². The summed E-state index contributed by atoms with van der Waals surface area (Å²) in [5.74, 6) is 0.849. The van der Waals surface area contributed by atoms with Gasteiger partial charge in [0.15, 0.2) is 0 Å². The van der Waals surface area contributed by atoms with Crippen LogP contribution in [0.5, 0.6) is 0 Å². The summed E-state index contributed by atoms with van der Waals surface area (Å²) in [4.78, 5) is 8.59. The van der Waals surface area contributed by atoms with Crippen molar-refractivity contribution >= 4 is 38.8 Å². The first-order chi connectivity index (χ1) is 10.2. The summed E-state index contributed by atoms with van der Waals surface area (Å²) < 4.78 is 1.000. The van der Waals surface area contributed by atoms with Gasteiger partial charge in [-0.3, -0.25) is 4.98 Å². The Labute approximate surface area is 135 Å². The lowest BCUT2D eigenvalue weighted by atomic mass is 10.2. The largest absolute Gasteiger partial charge is 0.398 e. The maximum atomic E-state index is 5.99. The Hall–Kier alpha value is -1.92. The molecule has 3 N–H and O–H groups in total. The van der Waals surface area contributed by atoms with Crippen LogP contribution in [0.25, 0.3) is 10.6 Å². The first kappa shape index (κ1) is 14.0. The zero-order chi connectivity index (χ0) is 14.7. The Morgan fingerprint density at radius 2 is 2.00 bits per heavy atom. The van der Waals surface area contributed by atoms with Crippen molar-refractivity contribution in [1.82, 2.24) is 9.97 Å². The summed E-state index contributed by atoms with van der Waals surface area (Å²) in [6.07, 6.45) is 3.54. The van der Waals surface area contributed by atoms with Crippen molar-refractivity contribution in [2.24, 2.45) is 0 Å². The Morgan fingerprint density at radius 1 is 1.19 bits per heavy atom. The number of halogens is 1. The van der Waals surface area contributed by atoms with Gasteiger partial charge in [0, 0.05) is 45.6 Å². The lowest BCUT2D eigenvalue weighted by Gasteiger charge is -2.08. The molecule has 0 atom stereocenters. The highest BCUT2D eigenvalue weighted by molar-refractivity contribution is 9.10. The molecule has 0 fully saturated rings. The minimum atomic E-state index is 0.632. The van der Waals surface area contributed by atoms with Crippen molar-refractivity contribution in [3.8, 4) is 10.6 Å². The predicted octanol–water partition coefficient (Wildman–Crippen LogP) is 4.16. The molecule has 2 heterocycles. The summed E-state index contributed by atoms with van der Waals surface area (Å²) in [6, 6.07) is 9.71. The van der Waals surface area contributed by atoms with Crippen LogP contribution in [-0.2, 0) is 6.54 Å². The lowest BCUT2D eigenvalue weighted by molar-refractivity contribution is 1.12. The molecule has 3 aromatic rings. The smallest absolute Gasteiger partial charge is 0.138 e. The van der Waals surface area contributed by atoms with Gasteiger partial charge in [-0.05, 0) is 24.3 Å². The number of rotatable bonds is 4. The van der Waals surface area contributed by atoms with Crippen LogP contribution in [0.3, 0.4) is 0 Å². The fourth-order valence-electron chi connectivity index (χ4n) is 1.92. The van der Waals surface area contributed by atoms with Gasteiger partial charge in [0.25, 0.3) is 0 Å². The summed E-state index contributed by atoms with van der Waals surface area (Å²) in [6.45, 7) is 0.632. The molecule has 0 radical (unpaired) electrons. The van der Waals surface area contributed by atoms with E-state index in [2.05, 4.69) is 31.2 Å². The number of hydrogen-bond donors (Lipinski definition) is 2. The molecule has 0 aliphatic rings. The summed E-state index contributed by atoms with van der Waals surface area (Å²) in [5, 5.41) is 6.28. The van der Waals surface area contributed by atoms with E-state index in [9.17, 15) is 0 Å². The monoisotopic (exact) mass is 360 g/mol. The van der Waals surface area contributed by atoms with E-state index in [-0.39, 0.29) is 0 Å². The maximum Gasteiger partial charge on any atom is 0.138 e. The molecule has 0 amide bonds. The number of nitrogens with one attached hydrogen (secondary N) is 1. The van der Waals surface area contributed by atoms with Gasteiger partial charge < -0.3 is 11.1 Å². The molecule has 106 valence electrons. The van der Waals surface area contributed by atoms with Gasteiger partial charge in [-0.15, -0.1) is 11.3 Å². The molecule has 21 heavy (non-hydrogen) atoms. The second-order valence-electron chi connectivity index (χ2n) is 4.43. The number of pyridine rings is 1. The minimum Gasteiger partial charge on any atom is -0.398 e. The second-order valence-corrected chi connectivity index (χ2v) is 6.15. The van der Waals surface area contributed by atoms with E-state index >= 15 is 0 Å². The topological polar surface area (TPSA) is 63.8 Å². The lowest BCUT2D eigenvalue weighted by Crippen LogP contribution is -2.04. The molecule has 0 aliphatic heterocycles. The van der Waals surface area contributed by atoms with Gasteiger partial charge in [0.1, 0.15) is 10.8 Å². The number of anilines is 2. The van der Waals surface area contributed by atoms with Crippen molar-refractivity contribution in [2.75, 3.05) is 11.1 Å². The van der Waals surface area contributed by atoms with Crippen LogP contribution in [0.4, 0.5) is 11.5 Å². The Morgan fingerprint density at radius 3 is 2.76 bits per heavy atom.